The number of ether oxygens (including phenoxy) is 1. The largest absolute Gasteiger partial charge is 0.465 e. The fraction of sp³-hybridized carbons (Fsp3) is 0.579. The SMILES string of the molecule is C.COC(=O)c1ccc2c(c1)C(=O)CCC1CC(O)CCC21C. The topological polar surface area (TPSA) is 63.6 Å². The number of Topliss-reactive ketones (excluding diaryl/α,β-unsaturated/α-hetero) is 1. The summed E-state index contributed by atoms with van der Waals surface area (Å²) in [5, 5.41) is 9.97. The van der Waals surface area contributed by atoms with Gasteiger partial charge in [-0.15, -0.1) is 0 Å². The first-order valence-corrected chi connectivity index (χ1v) is 7.90. The minimum absolute atomic E-state index is 0. The summed E-state index contributed by atoms with van der Waals surface area (Å²) in [6.45, 7) is 2.19. The van der Waals surface area contributed by atoms with Gasteiger partial charge in [0.2, 0.25) is 0 Å². The van der Waals surface area contributed by atoms with Crippen molar-refractivity contribution in [3.8, 4) is 0 Å². The lowest BCUT2D eigenvalue weighted by Gasteiger charge is -2.43. The highest BCUT2D eigenvalue weighted by Crippen LogP contribution is 2.48. The molecule has 1 aromatic rings. The van der Waals surface area contributed by atoms with Crippen LogP contribution in [0.25, 0.3) is 0 Å². The van der Waals surface area contributed by atoms with Crippen molar-refractivity contribution in [2.75, 3.05) is 7.11 Å². The molecule has 2 aliphatic carbocycles. The number of hydrogen-bond acceptors (Lipinski definition) is 4. The van der Waals surface area contributed by atoms with Gasteiger partial charge in [0, 0.05) is 12.0 Å². The van der Waals surface area contributed by atoms with Gasteiger partial charge in [-0.05, 0) is 54.7 Å². The molecule has 0 heterocycles. The normalized spacial score (nSPS) is 29.6. The van der Waals surface area contributed by atoms with Crippen molar-refractivity contribution in [2.45, 2.75) is 58.0 Å². The van der Waals surface area contributed by atoms with Crippen LogP contribution in [0, 0.1) is 5.92 Å². The van der Waals surface area contributed by atoms with Crippen molar-refractivity contribution in [3.63, 3.8) is 0 Å². The molecule has 23 heavy (non-hydrogen) atoms. The summed E-state index contributed by atoms with van der Waals surface area (Å²) in [4.78, 5) is 24.3. The van der Waals surface area contributed by atoms with Crippen molar-refractivity contribution in [1.82, 2.24) is 0 Å². The molecule has 4 heteroatoms. The molecule has 0 saturated heterocycles. The van der Waals surface area contributed by atoms with Crippen molar-refractivity contribution >= 4 is 11.8 Å². The Morgan fingerprint density at radius 2 is 2.09 bits per heavy atom. The molecule has 3 unspecified atom stereocenters. The highest BCUT2D eigenvalue weighted by molar-refractivity contribution is 6.01. The zero-order valence-corrected chi connectivity index (χ0v) is 13.1. The molecule has 0 spiro atoms. The van der Waals surface area contributed by atoms with Crippen molar-refractivity contribution in [3.05, 3.63) is 34.9 Å². The van der Waals surface area contributed by atoms with E-state index < -0.39 is 5.97 Å². The van der Waals surface area contributed by atoms with Gasteiger partial charge in [-0.2, -0.15) is 0 Å². The Labute approximate surface area is 137 Å². The van der Waals surface area contributed by atoms with Gasteiger partial charge in [0.05, 0.1) is 18.8 Å². The Kier molecular flexibility index (Phi) is 4.95. The highest BCUT2D eigenvalue weighted by atomic mass is 16.5. The number of benzene rings is 1. The molecule has 1 fully saturated rings. The van der Waals surface area contributed by atoms with Crippen LogP contribution in [0.4, 0.5) is 0 Å². The molecule has 0 amide bonds. The van der Waals surface area contributed by atoms with Gasteiger partial charge in [-0.1, -0.05) is 20.4 Å². The number of ketones is 1. The molecule has 0 aromatic heterocycles. The summed E-state index contributed by atoms with van der Waals surface area (Å²) in [6.07, 6.45) is 3.40. The van der Waals surface area contributed by atoms with E-state index in [1.54, 1.807) is 12.1 Å². The van der Waals surface area contributed by atoms with E-state index >= 15 is 0 Å². The van der Waals surface area contributed by atoms with Crippen molar-refractivity contribution in [2.24, 2.45) is 5.92 Å². The smallest absolute Gasteiger partial charge is 0.337 e. The number of methoxy groups -OCH3 is 1. The van der Waals surface area contributed by atoms with Crippen LogP contribution < -0.4 is 0 Å². The summed E-state index contributed by atoms with van der Waals surface area (Å²) in [5.74, 6) is -0.0167. The van der Waals surface area contributed by atoms with Gasteiger partial charge in [0.15, 0.2) is 5.78 Å². The fourth-order valence-corrected chi connectivity index (χ4v) is 4.13. The molecule has 1 N–H and O–H groups in total. The maximum absolute atomic E-state index is 12.5. The van der Waals surface area contributed by atoms with Crippen LogP contribution in [-0.4, -0.2) is 30.1 Å². The van der Waals surface area contributed by atoms with E-state index in [1.165, 1.54) is 7.11 Å². The number of fused-ring (bicyclic) bond motifs is 3. The number of aliphatic hydroxyl groups is 1. The molecular formula is C19H26O4. The predicted octanol–water partition coefficient (Wildman–Crippen LogP) is 3.50. The van der Waals surface area contributed by atoms with Gasteiger partial charge in [-0.3, -0.25) is 4.79 Å². The zero-order valence-electron chi connectivity index (χ0n) is 13.1. The van der Waals surface area contributed by atoms with E-state index in [0.717, 1.165) is 31.2 Å². The summed E-state index contributed by atoms with van der Waals surface area (Å²) in [7, 11) is 1.34. The van der Waals surface area contributed by atoms with Crippen LogP contribution in [0.2, 0.25) is 0 Å². The second kappa shape index (κ2) is 6.44. The minimum atomic E-state index is -0.416. The molecule has 3 atom stereocenters. The Morgan fingerprint density at radius 3 is 2.78 bits per heavy atom. The summed E-state index contributed by atoms with van der Waals surface area (Å²) in [6, 6.07) is 5.34. The Morgan fingerprint density at radius 1 is 1.35 bits per heavy atom. The predicted molar refractivity (Wildman–Crippen MR) is 88.8 cm³/mol. The van der Waals surface area contributed by atoms with Gasteiger partial charge in [0.25, 0.3) is 0 Å². The van der Waals surface area contributed by atoms with Gasteiger partial charge in [-0.25, -0.2) is 4.79 Å². The standard InChI is InChI=1S/C18H22O4.CH4/c1-18-8-7-13(19)10-12(18)4-6-16(20)14-9-11(17(21)22-2)3-5-15(14)18;/h3,5,9,12-13,19H,4,6-8,10H2,1-2H3;1H4. The second-order valence-electron chi connectivity index (χ2n) is 6.76. The summed E-state index contributed by atoms with van der Waals surface area (Å²) < 4.78 is 4.76. The molecular weight excluding hydrogens is 292 g/mol. The third kappa shape index (κ3) is 2.92. The number of carbonyl (C=O) groups is 2. The molecule has 1 aromatic carbocycles. The first kappa shape index (κ1) is 17.7. The van der Waals surface area contributed by atoms with Crippen LogP contribution in [0.1, 0.15) is 72.7 Å². The van der Waals surface area contributed by atoms with E-state index in [4.69, 9.17) is 4.74 Å². The lowest BCUT2D eigenvalue weighted by molar-refractivity contribution is 0.0537. The van der Waals surface area contributed by atoms with Crippen LogP contribution in [-0.2, 0) is 10.2 Å². The monoisotopic (exact) mass is 318 g/mol. The molecule has 0 radical (unpaired) electrons. The third-order valence-electron chi connectivity index (χ3n) is 5.53. The third-order valence-corrected chi connectivity index (χ3v) is 5.53. The minimum Gasteiger partial charge on any atom is -0.465 e. The average Bonchev–Trinajstić information content (AvgIpc) is 2.63. The number of esters is 1. The van der Waals surface area contributed by atoms with E-state index in [2.05, 4.69) is 6.92 Å². The highest BCUT2D eigenvalue weighted by Gasteiger charge is 2.44. The van der Waals surface area contributed by atoms with Crippen molar-refractivity contribution < 1.29 is 19.4 Å². The van der Waals surface area contributed by atoms with Gasteiger partial charge in [0.1, 0.15) is 0 Å². The lowest BCUT2D eigenvalue weighted by atomic mass is 9.62. The Balaban J connectivity index is 0.00000192. The van der Waals surface area contributed by atoms with Crippen LogP contribution in [0.15, 0.2) is 18.2 Å². The molecule has 0 bridgehead atoms. The maximum Gasteiger partial charge on any atom is 0.337 e. The Bertz CT molecular complexity index is 622. The van der Waals surface area contributed by atoms with Gasteiger partial charge >= 0.3 is 5.97 Å². The fourth-order valence-electron chi connectivity index (χ4n) is 4.13. The number of rotatable bonds is 1. The number of aliphatic hydroxyl groups excluding tert-OH is 1. The van der Waals surface area contributed by atoms with Crippen LogP contribution in [0.3, 0.4) is 0 Å². The summed E-state index contributed by atoms with van der Waals surface area (Å²) >= 11 is 0. The Hall–Kier alpha value is -1.68. The first-order chi connectivity index (χ1) is 10.5. The van der Waals surface area contributed by atoms with Crippen LogP contribution in [0.5, 0.6) is 0 Å². The molecule has 2 aliphatic rings. The van der Waals surface area contributed by atoms with Crippen LogP contribution >= 0.6 is 0 Å². The maximum atomic E-state index is 12.5. The molecule has 3 rings (SSSR count). The molecule has 0 aliphatic heterocycles. The summed E-state index contributed by atoms with van der Waals surface area (Å²) in [5.41, 5.74) is 2.01. The van der Waals surface area contributed by atoms with E-state index in [1.807, 2.05) is 6.07 Å². The quantitative estimate of drug-likeness (QED) is 0.805. The van der Waals surface area contributed by atoms with Gasteiger partial charge < -0.3 is 9.84 Å². The average molecular weight is 318 g/mol. The number of carbonyl (C=O) groups excluding carboxylic acids is 2. The second-order valence-corrected chi connectivity index (χ2v) is 6.76. The van der Waals surface area contributed by atoms with E-state index in [0.29, 0.717) is 23.5 Å². The lowest BCUT2D eigenvalue weighted by Crippen LogP contribution is -2.39. The van der Waals surface area contributed by atoms with E-state index in [-0.39, 0.29) is 24.7 Å². The molecule has 1 saturated carbocycles. The van der Waals surface area contributed by atoms with Crippen molar-refractivity contribution in [1.29, 1.82) is 0 Å². The number of hydrogen-bond donors (Lipinski definition) is 1. The molecule has 4 nitrogen and oxygen atoms in total. The van der Waals surface area contributed by atoms with E-state index in [9.17, 15) is 14.7 Å². The first-order valence-electron chi connectivity index (χ1n) is 7.90. The zero-order chi connectivity index (χ0) is 15.9. The molecule has 126 valence electrons.